The highest BCUT2D eigenvalue weighted by Gasteiger charge is 2.11. The Morgan fingerprint density at radius 2 is 2.20 bits per heavy atom. The van der Waals surface area contributed by atoms with Gasteiger partial charge < -0.3 is 10.5 Å². The van der Waals surface area contributed by atoms with Crippen molar-refractivity contribution in [3.8, 4) is 0 Å². The summed E-state index contributed by atoms with van der Waals surface area (Å²) in [5.74, 6) is -0.421. The highest BCUT2D eigenvalue weighted by atomic mass is 16.4. The lowest BCUT2D eigenvalue weighted by atomic mass is 10.1. The first-order valence-corrected chi connectivity index (χ1v) is 4.90. The summed E-state index contributed by atoms with van der Waals surface area (Å²) in [5.41, 5.74) is 3.41. The maximum absolute atomic E-state index is 11.1. The molecule has 0 bridgehead atoms. The lowest BCUT2D eigenvalue weighted by Crippen LogP contribution is -2.12. The summed E-state index contributed by atoms with van der Waals surface area (Å²) in [6.45, 7) is 0. The van der Waals surface area contributed by atoms with Crippen molar-refractivity contribution in [2.24, 2.45) is 5.16 Å². The van der Waals surface area contributed by atoms with Crippen molar-refractivity contribution in [3.63, 3.8) is 0 Å². The van der Waals surface area contributed by atoms with Crippen molar-refractivity contribution in [2.75, 3.05) is 5.32 Å². The van der Waals surface area contributed by atoms with Crippen LogP contribution in [0.1, 0.15) is 17.5 Å². The Morgan fingerprint density at radius 3 is 3.00 bits per heavy atom. The molecule has 4 heteroatoms. The smallest absolute Gasteiger partial charge is 0.270 e. The van der Waals surface area contributed by atoms with E-state index >= 15 is 0 Å². The average molecular weight is 204 g/mol. The lowest BCUT2D eigenvalue weighted by Gasteiger charge is -2.04. The molecule has 0 aliphatic heterocycles. The van der Waals surface area contributed by atoms with Gasteiger partial charge in [0.15, 0.2) is 0 Å². The topological polar surface area (TPSA) is 61.7 Å². The molecule has 1 aromatic carbocycles. The van der Waals surface area contributed by atoms with Crippen LogP contribution in [-0.2, 0) is 17.6 Å². The first kappa shape index (κ1) is 9.71. The van der Waals surface area contributed by atoms with Gasteiger partial charge in [-0.15, -0.1) is 0 Å². The first-order chi connectivity index (χ1) is 7.29. The monoisotopic (exact) mass is 204 g/mol. The molecule has 0 saturated heterocycles. The number of nitrogens with zero attached hydrogens (tertiary/aromatic N) is 1. The standard InChI is InChI=1S/C11H12N2O2/c14-11(7-12-15)13-10-5-4-8-2-1-3-9(8)6-10/h4-7,15H,1-3H2,(H,13,14)/b12-7-. The Balaban J connectivity index is 2.13. The number of benzene rings is 1. The van der Waals surface area contributed by atoms with Gasteiger partial charge in [0, 0.05) is 5.69 Å². The van der Waals surface area contributed by atoms with Crippen LogP contribution in [0.15, 0.2) is 23.4 Å². The second-order valence-corrected chi connectivity index (χ2v) is 3.57. The highest BCUT2D eigenvalue weighted by Crippen LogP contribution is 2.24. The minimum absolute atomic E-state index is 0.421. The summed E-state index contributed by atoms with van der Waals surface area (Å²) in [6, 6.07) is 5.88. The third-order valence-electron chi connectivity index (χ3n) is 2.54. The Labute approximate surface area is 87.6 Å². The zero-order valence-electron chi connectivity index (χ0n) is 8.23. The summed E-state index contributed by atoms with van der Waals surface area (Å²) in [4.78, 5) is 11.1. The highest BCUT2D eigenvalue weighted by molar-refractivity contribution is 6.31. The van der Waals surface area contributed by atoms with E-state index in [0.717, 1.165) is 24.7 Å². The number of anilines is 1. The fourth-order valence-corrected chi connectivity index (χ4v) is 1.88. The fraction of sp³-hybridized carbons (Fsp3) is 0.273. The minimum Gasteiger partial charge on any atom is -0.411 e. The van der Waals surface area contributed by atoms with Crippen LogP contribution in [0.25, 0.3) is 0 Å². The van der Waals surface area contributed by atoms with Crippen molar-refractivity contribution < 1.29 is 10.0 Å². The van der Waals surface area contributed by atoms with Crippen LogP contribution in [0, 0.1) is 0 Å². The number of amides is 1. The second kappa shape index (κ2) is 4.13. The van der Waals surface area contributed by atoms with Crippen LogP contribution in [0.3, 0.4) is 0 Å². The minimum atomic E-state index is -0.421. The average Bonchev–Trinajstić information content (AvgIpc) is 2.65. The zero-order valence-corrected chi connectivity index (χ0v) is 8.23. The van der Waals surface area contributed by atoms with E-state index in [-0.39, 0.29) is 0 Å². The Bertz CT molecular complexity index is 413. The maximum Gasteiger partial charge on any atom is 0.270 e. The molecule has 2 N–H and O–H groups in total. The maximum atomic E-state index is 11.1. The largest absolute Gasteiger partial charge is 0.411 e. The van der Waals surface area contributed by atoms with E-state index in [1.165, 1.54) is 17.5 Å². The molecule has 0 heterocycles. The first-order valence-electron chi connectivity index (χ1n) is 4.90. The van der Waals surface area contributed by atoms with Gasteiger partial charge in [-0.1, -0.05) is 11.2 Å². The summed E-state index contributed by atoms with van der Waals surface area (Å²) in [5, 5.41) is 13.5. The molecule has 0 aromatic heterocycles. The van der Waals surface area contributed by atoms with E-state index in [1.807, 2.05) is 18.2 Å². The molecule has 1 aliphatic rings. The van der Waals surface area contributed by atoms with E-state index in [1.54, 1.807) is 0 Å². The number of nitrogens with one attached hydrogen (secondary N) is 1. The van der Waals surface area contributed by atoms with Crippen LogP contribution < -0.4 is 5.32 Å². The molecule has 0 unspecified atom stereocenters. The van der Waals surface area contributed by atoms with Gasteiger partial charge in [-0.3, -0.25) is 4.79 Å². The molecular formula is C11H12N2O2. The number of aryl methyl sites for hydroxylation is 2. The SMILES string of the molecule is O=C(/C=N\O)Nc1ccc2c(c1)CCC2. The normalized spacial score (nSPS) is 14.1. The molecular weight excluding hydrogens is 192 g/mol. The molecule has 0 spiro atoms. The molecule has 0 fully saturated rings. The van der Waals surface area contributed by atoms with Gasteiger partial charge in [-0.2, -0.15) is 0 Å². The van der Waals surface area contributed by atoms with Gasteiger partial charge in [-0.05, 0) is 42.5 Å². The van der Waals surface area contributed by atoms with E-state index in [0.29, 0.717) is 0 Å². The van der Waals surface area contributed by atoms with Crippen LogP contribution in [0.4, 0.5) is 5.69 Å². The molecule has 0 atom stereocenters. The lowest BCUT2D eigenvalue weighted by molar-refractivity contribution is -0.110. The molecule has 0 radical (unpaired) electrons. The summed E-state index contributed by atoms with van der Waals surface area (Å²) in [7, 11) is 0. The predicted octanol–water partition coefficient (Wildman–Crippen LogP) is 1.57. The Kier molecular flexibility index (Phi) is 2.67. The van der Waals surface area contributed by atoms with Crippen molar-refractivity contribution in [1.82, 2.24) is 0 Å². The fourth-order valence-electron chi connectivity index (χ4n) is 1.88. The molecule has 1 aliphatic carbocycles. The predicted molar refractivity (Wildman–Crippen MR) is 57.4 cm³/mol. The number of rotatable bonds is 2. The molecule has 0 saturated carbocycles. The second-order valence-electron chi connectivity index (χ2n) is 3.57. The third kappa shape index (κ3) is 2.15. The van der Waals surface area contributed by atoms with Crippen molar-refractivity contribution in [1.29, 1.82) is 0 Å². The van der Waals surface area contributed by atoms with Gasteiger partial charge in [0.2, 0.25) is 0 Å². The Hall–Kier alpha value is -1.84. The molecule has 1 amide bonds. The third-order valence-corrected chi connectivity index (χ3v) is 2.54. The number of carbonyl (C=O) groups is 1. The van der Waals surface area contributed by atoms with Crippen LogP contribution in [0.2, 0.25) is 0 Å². The van der Waals surface area contributed by atoms with Gasteiger partial charge >= 0.3 is 0 Å². The van der Waals surface area contributed by atoms with Crippen LogP contribution in [-0.4, -0.2) is 17.3 Å². The summed E-state index contributed by atoms with van der Waals surface area (Å²) < 4.78 is 0. The van der Waals surface area contributed by atoms with E-state index < -0.39 is 5.91 Å². The van der Waals surface area contributed by atoms with Crippen LogP contribution >= 0.6 is 0 Å². The molecule has 15 heavy (non-hydrogen) atoms. The van der Waals surface area contributed by atoms with Crippen LogP contribution in [0.5, 0.6) is 0 Å². The van der Waals surface area contributed by atoms with E-state index in [4.69, 9.17) is 5.21 Å². The van der Waals surface area contributed by atoms with Crippen molar-refractivity contribution >= 4 is 17.8 Å². The van der Waals surface area contributed by atoms with Gasteiger partial charge in [0.25, 0.3) is 5.91 Å². The summed E-state index contributed by atoms with van der Waals surface area (Å²) >= 11 is 0. The molecule has 78 valence electrons. The Morgan fingerprint density at radius 1 is 1.40 bits per heavy atom. The van der Waals surface area contributed by atoms with Crippen molar-refractivity contribution in [2.45, 2.75) is 19.3 Å². The van der Waals surface area contributed by atoms with Gasteiger partial charge in [0.05, 0.1) is 0 Å². The molecule has 2 rings (SSSR count). The van der Waals surface area contributed by atoms with Crippen molar-refractivity contribution in [3.05, 3.63) is 29.3 Å². The van der Waals surface area contributed by atoms with E-state index in [2.05, 4.69) is 10.5 Å². The number of fused-ring (bicyclic) bond motifs is 1. The number of hydrogen-bond acceptors (Lipinski definition) is 3. The quantitative estimate of drug-likeness (QED) is 0.436. The molecule has 4 nitrogen and oxygen atoms in total. The number of carbonyl (C=O) groups excluding carboxylic acids is 1. The summed E-state index contributed by atoms with van der Waals surface area (Å²) in [6.07, 6.45) is 4.23. The number of hydrogen-bond donors (Lipinski definition) is 2. The van der Waals surface area contributed by atoms with Gasteiger partial charge in [-0.25, -0.2) is 0 Å². The zero-order chi connectivity index (χ0) is 10.7. The molecule has 1 aromatic rings. The number of oxime groups is 1. The van der Waals surface area contributed by atoms with E-state index in [9.17, 15) is 4.79 Å². The van der Waals surface area contributed by atoms with Gasteiger partial charge in [0.1, 0.15) is 6.21 Å².